The molecule has 4 heteroatoms. The van der Waals surface area contributed by atoms with Gasteiger partial charge in [0, 0.05) is 24.8 Å². The summed E-state index contributed by atoms with van der Waals surface area (Å²) in [6.07, 6.45) is 6.57. The van der Waals surface area contributed by atoms with Gasteiger partial charge in [-0.3, -0.25) is 0 Å². The molecule has 1 aliphatic carbocycles. The zero-order chi connectivity index (χ0) is 11.4. The Morgan fingerprint density at radius 1 is 1.19 bits per heavy atom. The summed E-state index contributed by atoms with van der Waals surface area (Å²) in [6, 6.07) is 2.60. The van der Waals surface area contributed by atoms with Crippen molar-refractivity contribution >= 4 is 11.8 Å². The molecule has 0 spiro atoms. The number of hydrogen-bond acceptors (Lipinski definition) is 4. The van der Waals surface area contributed by atoms with Crippen molar-refractivity contribution in [2.45, 2.75) is 45.1 Å². The summed E-state index contributed by atoms with van der Waals surface area (Å²) >= 11 is 0. The first-order valence-corrected chi connectivity index (χ1v) is 6.08. The Morgan fingerprint density at radius 2 is 1.94 bits per heavy atom. The van der Waals surface area contributed by atoms with Crippen molar-refractivity contribution in [1.29, 1.82) is 0 Å². The van der Waals surface area contributed by atoms with Crippen molar-refractivity contribution in [1.82, 2.24) is 9.97 Å². The van der Waals surface area contributed by atoms with Crippen molar-refractivity contribution in [3.8, 4) is 0 Å². The first-order chi connectivity index (χ1) is 7.78. The van der Waals surface area contributed by atoms with Gasteiger partial charge in [-0.15, -0.1) is 0 Å². The molecule has 2 N–H and O–H groups in total. The fraction of sp³-hybridized carbons (Fsp3) is 0.667. The molecule has 0 atom stereocenters. The maximum Gasteiger partial charge on any atom is 0.224 e. The molecule has 0 aromatic carbocycles. The second-order valence-electron chi connectivity index (χ2n) is 4.45. The van der Waals surface area contributed by atoms with Crippen molar-refractivity contribution < 1.29 is 0 Å². The van der Waals surface area contributed by atoms with Crippen LogP contribution in [0.3, 0.4) is 0 Å². The highest BCUT2D eigenvalue weighted by molar-refractivity contribution is 5.42. The molecule has 0 aliphatic heterocycles. The topological polar surface area (TPSA) is 49.8 Å². The van der Waals surface area contributed by atoms with Gasteiger partial charge in [0.25, 0.3) is 0 Å². The van der Waals surface area contributed by atoms with Crippen molar-refractivity contribution in [3.05, 3.63) is 11.8 Å². The predicted octanol–water partition coefficient (Wildman–Crippen LogP) is 2.57. The third-order valence-electron chi connectivity index (χ3n) is 3.03. The Bertz CT molecular complexity index is 345. The molecule has 0 unspecified atom stereocenters. The van der Waals surface area contributed by atoms with E-state index in [0.717, 1.165) is 11.5 Å². The van der Waals surface area contributed by atoms with E-state index in [1.54, 1.807) is 0 Å². The van der Waals surface area contributed by atoms with Crippen LogP contribution in [0.1, 0.15) is 37.8 Å². The van der Waals surface area contributed by atoms with E-state index in [2.05, 4.69) is 20.6 Å². The van der Waals surface area contributed by atoms with Gasteiger partial charge in [0.1, 0.15) is 5.82 Å². The third kappa shape index (κ3) is 2.84. The van der Waals surface area contributed by atoms with Gasteiger partial charge >= 0.3 is 0 Å². The van der Waals surface area contributed by atoms with Gasteiger partial charge in [-0.05, 0) is 19.8 Å². The lowest BCUT2D eigenvalue weighted by atomic mass is 9.95. The number of anilines is 2. The molecule has 0 amide bonds. The van der Waals surface area contributed by atoms with Gasteiger partial charge in [-0.2, -0.15) is 4.98 Å². The highest BCUT2D eigenvalue weighted by Gasteiger charge is 2.13. The van der Waals surface area contributed by atoms with Crippen LogP contribution in [-0.4, -0.2) is 23.1 Å². The number of rotatable bonds is 3. The molecule has 4 nitrogen and oxygen atoms in total. The average Bonchev–Trinajstić information content (AvgIpc) is 2.29. The first kappa shape index (κ1) is 11.2. The molecule has 1 aromatic rings. The largest absolute Gasteiger partial charge is 0.367 e. The lowest BCUT2D eigenvalue weighted by molar-refractivity contribution is 0.462. The maximum absolute atomic E-state index is 4.41. The van der Waals surface area contributed by atoms with Gasteiger partial charge in [-0.1, -0.05) is 19.3 Å². The molecule has 1 fully saturated rings. The standard InChI is InChI=1S/C12H20N4/c1-9-8-11(16-12(13-2)14-9)15-10-6-4-3-5-7-10/h8,10H,3-7H2,1-2H3,(H2,13,14,15,16). The summed E-state index contributed by atoms with van der Waals surface area (Å²) in [5, 5.41) is 6.49. The molecule has 1 saturated carbocycles. The Kier molecular flexibility index (Phi) is 3.59. The molecule has 0 saturated heterocycles. The summed E-state index contributed by atoms with van der Waals surface area (Å²) in [5.74, 6) is 1.64. The van der Waals surface area contributed by atoms with E-state index in [1.807, 2.05) is 20.0 Å². The second kappa shape index (κ2) is 5.14. The van der Waals surface area contributed by atoms with Gasteiger partial charge in [-0.25, -0.2) is 4.98 Å². The minimum absolute atomic E-state index is 0.591. The second-order valence-corrected chi connectivity index (χ2v) is 4.45. The summed E-state index contributed by atoms with van der Waals surface area (Å²) < 4.78 is 0. The Hall–Kier alpha value is -1.32. The van der Waals surface area contributed by atoms with Crippen LogP contribution in [0.25, 0.3) is 0 Å². The van der Waals surface area contributed by atoms with E-state index >= 15 is 0 Å². The Morgan fingerprint density at radius 3 is 2.62 bits per heavy atom. The van der Waals surface area contributed by atoms with Crippen LogP contribution in [0.2, 0.25) is 0 Å². The number of aryl methyl sites for hydroxylation is 1. The Labute approximate surface area is 96.9 Å². The van der Waals surface area contributed by atoms with E-state index in [-0.39, 0.29) is 0 Å². The Balaban J connectivity index is 2.04. The molecule has 88 valence electrons. The van der Waals surface area contributed by atoms with Crippen LogP contribution in [0, 0.1) is 6.92 Å². The number of aromatic nitrogens is 2. The fourth-order valence-electron chi connectivity index (χ4n) is 2.21. The summed E-state index contributed by atoms with van der Waals surface area (Å²) in [6.45, 7) is 1.99. The average molecular weight is 220 g/mol. The lowest BCUT2D eigenvalue weighted by Gasteiger charge is -2.23. The van der Waals surface area contributed by atoms with Crippen LogP contribution in [0.5, 0.6) is 0 Å². The summed E-state index contributed by atoms with van der Waals surface area (Å²) in [4.78, 5) is 8.70. The van der Waals surface area contributed by atoms with Crippen molar-refractivity contribution in [2.24, 2.45) is 0 Å². The monoisotopic (exact) mass is 220 g/mol. The van der Waals surface area contributed by atoms with Crippen molar-refractivity contribution in [3.63, 3.8) is 0 Å². The van der Waals surface area contributed by atoms with E-state index < -0.39 is 0 Å². The quantitative estimate of drug-likeness (QED) is 0.822. The molecule has 16 heavy (non-hydrogen) atoms. The number of nitrogens with zero attached hydrogens (tertiary/aromatic N) is 2. The first-order valence-electron chi connectivity index (χ1n) is 6.08. The van der Waals surface area contributed by atoms with Crippen LogP contribution >= 0.6 is 0 Å². The number of nitrogens with one attached hydrogen (secondary N) is 2. The van der Waals surface area contributed by atoms with E-state index in [9.17, 15) is 0 Å². The zero-order valence-corrected chi connectivity index (χ0v) is 10.1. The molecule has 0 bridgehead atoms. The van der Waals surface area contributed by atoms with Gasteiger partial charge in [0.05, 0.1) is 0 Å². The maximum atomic E-state index is 4.41. The molecule has 1 aromatic heterocycles. The highest BCUT2D eigenvalue weighted by Crippen LogP contribution is 2.21. The number of hydrogen-bond donors (Lipinski definition) is 2. The highest BCUT2D eigenvalue weighted by atomic mass is 15.1. The van der Waals surface area contributed by atoms with E-state index in [0.29, 0.717) is 12.0 Å². The van der Waals surface area contributed by atoms with E-state index in [4.69, 9.17) is 0 Å². The summed E-state index contributed by atoms with van der Waals surface area (Å²) in [7, 11) is 1.85. The zero-order valence-electron chi connectivity index (χ0n) is 10.1. The van der Waals surface area contributed by atoms with Crippen LogP contribution in [-0.2, 0) is 0 Å². The molecule has 2 rings (SSSR count). The fourth-order valence-corrected chi connectivity index (χ4v) is 2.21. The smallest absolute Gasteiger partial charge is 0.224 e. The molecular formula is C12H20N4. The van der Waals surface area contributed by atoms with E-state index in [1.165, 1.54) is 32.1 Å². The lowest BCUT2D eigenvalue weighted by Crippen LogP contribution is -2.23. The van der Waals surface area contributed by atoms with Crippen LogP contribution < -0.4 is 10.6 Å². The van der Waals surface area contributed by atoms with Gasteiger partial charge in [0.15, 0.2) is 0 Å². The summed E-state index contributed by atoms with van der Waals surface area (Å²) in [5.41, 5.74) is 0.998. The molecule has 0 radical (unpaired) electrons. The van der Waals surface area contributed by atoms with Gasteiger partial charge < -0.3 is 10.6 Å². The minimum Gasteiger partial charge on any atom is -0.367 e. The molecular weight excluding hydrogens is 200 g/mol. The molecule has 1 heterocycles. The van der Waals surface area contributed by atoms with Crippen LogP contribution in [0.4, 0.5) is 11.8 Å². The predicted molar refractivity (Wildman–Crippen MR) is 66.8 cm³/mol. The molecule has 1 aliphatic rings. The SMILES string of the molecule is CNc1nc(C)cc(NC2CCCCC2)n1. The van der Waals surface area contributed by atoms with Crippen molar-refractivity contribution in [2.75, 3.05) is 17.7 Å². The minimum atomic E-state index is 0.591. The normalized spacial score (nSPS) is 17.1. The third-order valence-corrected chi connectivity index (χ3v) is 3.03. The van der Waals surface area contributed by atoms with Crippen LogP contribution in [0.15, 0.2) is 6.07 Å². The van der Waals surface area contributed by atoms with Gasteiger partial charge in [0.2, 0.25) is 5.95 Å².